The number of carbonyl (C=O) groups excluding carboxylic acids is 2. The second kappa shape index (κ2) is 10.3. The molecule has 0 bridgehead atoms. The molecule has 1 atom stereocenters. The lowest BCUT2D eigenvalue weighted by molar-refractivity contribution is -0.145. The van der Waals surface area contributed by atoms with Crippen LogP contribution in [0, 0.1) is 13.8 Å². The second-order valence-corrected chi connectivity index (χ2v) is 9.03. The smallest absolute Gasteiger partial charge is 0.242 e. The minimum Gasteiger partial charge on any atom is -0.368 e. The Morgan fingerprint density at radius 3 is 2.69 bits per heavy atom. The minimum absolute atomic E-state index is 0.00100. The summed E-state index contributed by atoms with van der Waals surface area (Å²) in [5.74, 6) is 0.0999. The van der Waals surface area contributed by atoms with Gasteiger partial charge in [0.15, 0.2) is 0 Å². The van der Waals surface area contributed by atoms with Crippen LogP contribution in [-0.2, 0) is 20.7 Å². The molecule has 170 valence electrons. The van der Waals surface area contributed by atoms with Crippen LogP contribution in [0.4, 0.5) is 0 Å². The van der Waals surface area contributed by atoms with Gasteiger partial charge < -0.3 is 14.5 Å². The molecule has 3 heterocycles. The van der Waals surface area contributed by atoms with Crippen molar-refractivity contribution in [2.75, 3.05) is 32.8 Å². The van der Waals surface area contributed by atoms with E-state index in [0.29, 0.717) is 32.7 Å². The van der Waals surface area contributed by atoms with Crippen LogP contribution in [0.2, 0.25) is 0 Å². The zero-order valence-electron chi connectivity index (χ0n) is 19.2. The van der Waals surface area contributed by atoms with Gasteiger partial charge in [-0.25, -0.2) is 0 Å². The molecule has 0 radical (unpaired) electrons. The minimum atomic E-state index is -0.246. The maximum atomic E-state index is 13.0. The van der Waals surface area contributed by atoms with Gasteiger partial charge in [0.1, 0.15) is 6.10 Å². The van der Waals surface area contributed by atoms with E-state index in [1.54, 1.807) is 4.90 Å². The van der Waals surface area contributed by atoms with Gasteiger partial charge >= 0.3 is 0 Å². The summed E-state index contributed by atoms with van der Waals surface area (Å²) < 4.78 is 6.01. The van der Waals surface area contributed by atoms with E-state index in [1.165, 1.54) is 16.7 Å². The van der Waals surface area contributed by atoms with Crippen LogP contribution in [-0.4, -0.2) is 59.4 Å². The fraction of sp³-hybridized carbons (Fsp3) is 0.500. The largest absolute Gasteiger partial charge is 0.368 e. The molecule has 0 saturated carbocycles. The molecule has 2 aromatic rings. The molecule has 2 aliphatic rings. The van der Waals surface area contributed by atoms with Gasteiger partial charge in [-0.1, -0.05) is 36.2 Å². The van der Waals surface area contributed by atoms with Gasteiger partial charge in [-0.3, -0.25) is 14.6 Å². The van der Waals surface area contributed by atoms with Crippen LogP contribution in [0.1, 0.15) is 59.9 Å². The van der Waals surface area contributed by atoms with Crippen molar-refractivity contribution < 1.29 is 14.3 Å². The molecule has 6 nitrogen and oxygen atoms in total. The van der Waals surface area contributed by atoms with E-state index >= 15 is 0 Å². The number of morpholine rings is 1. The first-order chi connectivity index (χ1) is 15.5. The summed E-state index contributed by atoms with van der Waals surface area (Å²) in [5, 5.41) is 0. The van der Waals surface area contributed by atoms with E-state index in [-0.39, 0.29) is 24.5 Å². The maximum Gasteiger partial charge on any atom is 0.242 e. The van der Waals surface area contributed by atoms with E-state index in [4.69, 9.17) is 9.72 Å². The van der Waals surface area contributed by atoms with Crippen LogP contribution in [0.25, 0.3) is 0 Å². The van der Waals surface area contributed by atoms with Crippen LogP contribution >= 0.6 is 0 Å². The lowest BCUT2D eigenvalue weighted by Gasteiger charge is -2.34. The number of likely N-dealkylation sites (tertiary alicyclic amines) is 1. The Kier molecular flexibility index (Phi) is 7.20. The Labute approximate surface area is 190 Å². The van der Waals surface area contributed by atoms with E-state index in [1.807, 2.05) is 11.8 Å². The second-order valence-electron chi connectivity index (χ2n) is 9.03. The molecular formula is C26H33N3O3. The number of aryl methyl sites for hydroxylation is 2. The number of rotatable bonds is 5. The van der Waals surface area contributed by atoms with Crippen molar-refractivity contribution in [1.82, 2.24) is 14.8 Å². The zero-order chi connectivity index (χ0) is 22.5. The highest BCUT2D eigenvalue weighted by Gasteiger charge is 2.29. The average Bonchev–Trinajstić information content (AvgIpc) is 2.99. The third-order valence-corrected chi connectivity index (χ3v) is 6.31. The number of amides is 2. The molecule has 2 saturated heterocycles. The van der Waals surface area contributed by atoms with E-state index in [9.17, 15) is 9.59 Å². The number of ether oxygens (including phenoxy) is 1. The van der Waals surface area contributed by atoms with Gasteiger partial charge in [-0.05, 0) is 56.4 Å². The third-order valence-electron chi connectivity index (χ3n) is 6.31. The number of benzene rings is 1. The summed E-state index contributed by atoms with van der Waals surface area (Å²) in [6.07, 6.45) is 4.10. The number of carbonyl (C=O) groups is 2. The molecule has 2 amide bonds. The maximum absolute atomic E-state index is 13.0. The Balaban J connectivity index is 1.43. The van der Waals surface area contributed by atoms with E-state index in [0.717, 1.165) is 37.1 Å². The quantitative estimate of drug-likeness (QED) is 0.720. The number of aromatic nitrogens is 1. The molecular weight excluding hydrogens is 402 g/mol. The molecule has 0 spiro atoms. The highest BCUT2D eigenvalue weighted by atomic mass is 16.5. The first kappa shape index (κ1) is 22.5. The number of pyridine rings is 1. The zero-order valence-corrected chi connectivity index (χ0v) is 19.2. The predicted octanol–water partition coefficient (Wildman–Crippen LogP) is 3.59. The van der Waals surface area contributed by atoms with Crippen molar-refractivity contribution in [3.63, 3.8) is 0 Å². The summed E-state index contributed by atoms with van der Waals surface area (Å²) in [4.78, 5) is 33.5. The molecule has 0 N–H and O–H groups in total. The van der Waals surface area contributed by atoms with Crippen molar-refractivity contribution in [1.29, 1.82) is 0 Å². The summed E-state index contributed by atoms with van der Waals surface area (Å²) in [7, 11) is 0. The molecule has 2 fully saturated rings. The summed E-state index contributed by atoms with van der Waals surface area (Å²) in [5.41, 5.74) is 5.53. The molecule has 0 aliphatic carbocycles. The summed E-state index contributed by atoms with van der Waals surface area (Å²) in [6.45, 7) is 6.45. The monoisotopic (exact) mass is 435 g/mol. The van der Waals surface area contributed by atoms with Crippen LogP contribution in [0.5, 0.6) is 0 Å². The molecule has 32 heavy (non-hydrogen) atoms. The first-order valence-electron chi connectivity index (χ1n) is 11.7. The van der Waals surface area contributed by atoms with Crippen molar-refractivity contribution in [2.24, 2.45) is 0 Å². The van der Waals surface area contributed by atoms with E-state index in [2.05, 4.69) is 43.3 Å². The first-order valence-corrected chi connectivity index (χ1v) is 11.7. The highest BCUT2D eigenvalue weighted by Crippen LogP contribution is 2.24. The van der Waals surface area contributed by atoms with E-state index < -0.39 is 0 Å². The third kappa shape index (κ3) is 5.74. The lowest BCUT2D eigenvalue weighted by atomic mass is 10.0. The average molecular weight is 436 g/mol. The van der Waals surface area contributed by atoms with Gasteiger partial charge in [0.2, 0.25) is 11.8 Å². The molecule has 4 rings (SSSR count). The van der Waals surface area contributed by atoms with Gasteiger partial charge in [0, 0.05) is 25.2 Å². The van der Waals surface area contributed by atoms with Crippen LogP contribution in [0.15, 0.2) is 36.4 Å². The molecule has 2 aliphatic heterocycles. The molecule has 1 aromatic heterocycles. The Bertz CT molecular complexity index is 957. The fourth-order valence-corrected chi connectivity index (χ4v) is 4.50. The van der Waals surface area contributed by atoms with Crippen molar-refractivity contribution >= 4 is 11.8 Å². The van der Waals surface area contributed by atoms with Gasteiger partial charge in [-0.2, -0.15) is 0 Å². The standard InChI is InChI=1S/C26H33N3O3/c1-19-7-9-21(10-8-19)15-22-14-20(2)27-23(16-22)24-17-29(12-13-32-24)26(31)18-28-11-5-3-4-6-25(28)30/h7-10,14,16,24H,3-6,11-13,15,17-18H2,1-2H3. The number of nitrogens with zero attached hydrogens (tertiary/aromatic N) is 3. The normalized spacial score (nSPS) is 19.7. The highest BCUT2D eigenvalue weighted by molar-refractivity contribution is 5.85. The van der Waals surface area contributed by atoms with Crippen molar-refractivity contribution in [2.45, 2.75) is 52.1 Å². The molecule has 6 heteroatoms. The fourth-order valence-electron chi connectivity index (χ4n) is 4.50. The summed E-state index contributed by atoms with van der Waals surface area (Å²) >= 11 is 0. The molecule has 1 unspecified atom stereocenters. The predicted molar refractivity (Wildman–Crippen MR) is 123 cm³/mol. The van der Waals surface area contributed by atoms with Gasteiger partial charge in [0.05, 0.1) is 25.4 Å². The van der Waals surface area contributed by atoms with Crippen molar-refractivity contribution in [3.05, 3.63) is 64.5 Å². The number of hydrogen-bond donors (Lipinski definition) is 0. The Morgan fingerprint density at radius 1 is 1.06 bits per heavy atom. The van der Waals surface area contributed by atoms with Crippen LogP contribution in [0.3, 0.4) is 0 Å². The number of hydrogen-bond acceptors (Lipinski definition) is 4. The molecule has 1 aromatic carbocycles. The van der Waals surface area contributed by atoms with Gasteiger partial charge in [-0.15, -0.1) is 0 Å². The lowest BCUT2D eigenvalue weighted by Crippen LogP contribution is -2.48. The Hall–Kier alpha value is -2.73. The summed E-state index contributed by atoms with van der Waals surface area (Å²) in [6, 6.07) is 12.8. The van der Waals surface area contributed by atoms with Crippen LogP contribution < -0.4 is 0 Å². The SMILES string of the molecule is Cc1ccc(Cc2cc(C)nc(C3CN(C(=O)CN4CCCCCC4=O)CCO3)c2)cc1. The van der Waals surface area contributed by atoms with Gasteiger partial charge in [0.25, 0.3) is 0 Å². The van der Waals surface area contributed by atoms with Crippen molar-refractivity contribution in [3.8, 4) is 0 Å². The Morgan fingerprint density at radius 2 is 1.88 bits per heavy atom. The topological polar surface area (TPSA) is 62.7 Å².